The van der Waals surface area contributed by atoms with Gasteiger partial charge in [0.05, 0.1) is 21.2 Å². The quantitative estimate of drug-likeness (QED) is 0.146. The number of amides is 2. The number of hydrogen-bond donors (Lipinski definition) is 3. The van der Waals surface area contributed by atoms with E-state index < -0.39 is 51.7 Å². The Morgan fingerprint density at radius 3 is 2.16 bits per heavy atom. The topological polar surface area (TPSA) is 142 Å². The van der Waals surface area contributed by atoms with Gasteiger partial charge in [-0.1, -0.05) is 88.1 Å². The van der Waals surface area contributed by atoms with Crippen LogP contribution in [0.25, 0.3) is 0 Å². The molecule has 49 heavy (non-hydrogen) atoms. The second-order valence-corrected chi connectivity index (χ2v) is 15.6. The third-order valence-electron chi connectivity index (χ3n) is 9.00. The van der Waals surface area contributed by atoms with E-state index in [1.807, 2.05) is 42.7 Å². The summed E-state index contributed by atoms with van der Waals surface area (Å²) in [4.78, 5) is 40.6. The number of carboxylic acid groups (broad SMARTS) is 1. The average molecular weight is 710 g/mol. The maximum absolute atomic E-state index is 14.4. The molecule has 4 rings (SSSR count). The zero-order valence-electron chi connectivity index (χ0n) is 28.7. The molecule has 10 nitrogen and oxygen atoms in total. The predicted molar refractivity (Wildman–Crippen MR) is 193 cm³/mol. The highest BCUT2D eigenvalue weighted by Crippen LogP contribution is 2.47. The van der Waals surface area contributed by atoms with Crippen molar-refractivity contribution in [3.8, 4) is 5.75 Å². The first-order chi connectivity index (χ1) is 23.4. The number of carbonyl (C=O) groups is 3. The number of nitrogens with one attached hydrogen (secondary N) is 2. The van der Waals surface area contributed by atoms with Crippen molar-refractivity contribution in [1.29, 1.82) is 0 Å². The number of carboxylic acids is 1. The minimum atomic E-state index is -3.80. The number of benzene rings is 3. The number of rotatable bonds is 16. The minimum absolute atomic E-state index is 0.00968. The summed E-state index contributed by atoms with van der Waals surface area (Å²) >= 11 is 1.38. The van der Waals surface area contributed by atoms with Crippen LogP contribution in [0.5, 0.6) is 5.75 Å². The lowest BCUT2D eigenvalue weighted by atomic mass is 9.79. The smallest absolute Gasteiger partial charge is 0.322 e. The van der Waals surface area contributed by atoms with Crippen molar-refractivity contribution < 1.29 is 32.6 Å². The Kier molecular flexibility index (Phi) is 12.8. The zero-order chi connectivity index (χ0) is 35.7. The summed E-state index contributed by atoms with van der Waals surface area (Å²) in [5.74, 6) is -2.32. The number of thioether (sulfide) groups is 1. The summed E-state index contributed by atoms with van der Waals surface area (Å²) < 4.78 is 34.8. The number of sulfone groups is 1. The van der Waals surface area contributed by atoms with Crippen molar-refractivity contribution in [2.45, 2.75) is 74.6 Å². The SMILES string of the molecule is CCCCC1(CCCC)CN(c2ccccc2)c2cc(SC)c(OCC(=O)NC(C)(C(=O)NCC(=O)O)c3ccccc3)cc2S(=O)(=O)C1. The van der Waals surface area contributed by atoms with Crippen molar-refractivity contribution in [2.24, 2.45) is 5.41 Å². The highest BCUT2D eigenvalue weighted by molar-refractivity contribution is 7.98. The molecule has 264 valence electrons. The lowest BCUT2D eigenvalue weighted by Crippen LogP contribution is -2.56. The van der Waals surface area contributed by atoms with Gasteiger partial charge in [-0.05, 0) is 49.8 Å². The van der Waals surface area contributed by atoms with Crippen LogP contribution in [0.15, 0.2) is 82.6 Å². The van der Waals surface area contributed by atoms with E-state index in [1.165, 1.54) is 24.8 Å². The van der Waals surface area contributed by atoms with Gasteiger partial charge in [-0.25, -0.2) is 8.42 Å². The van der Waals surface area contributed by atoms with Crippen LogP contribution < -0.4 is 20.3 Å². The number of carbonyl (C=O) groups excluding carboxylic acids is 2. The fourth-order valence-corrected chi connectivity index (χ4v) is 9.07. The van der Waals surface area contributed by atoms with E-state index in [9.17, 15) is 22.8 Å². The van der Waals surface area contributed by atoms with E-state index in [-0.39, 0.29) is 16.4 Å². The molecule has 12 heteroatoms. The van der Waals surface area contributed by atoms with Crippen molar-refractivity contribution >= 4 is 50.8 Å². The van der Waals surface area contributed by atoms with Crippen molar-refractivity contribution in [3.63, 3.8) is 0 Å². The Labute approximate surface area is 293 Å². The monoisotopic (exact) mass is 709 g/mol. The summed E-state index contributed by atoms with van der Waals surface area (Å²) in [6, 6.07) is 21.7. The summed E-state index contributed by atoms with van der Waals surface area (Å²) in [7, 11) is -3.80. The first-order valence-corrected chi connectivity index (χ1v) is 19.5. The standard InChI is InChI=1S/C37H47N3O7S2/c1-5-7-19-37(20-8-6-2)25-40(28-17-13-10-14-18-28)29-21-31(48-4)30(22-32(29)49(45,46)26-37)47-24-33(41)39-36(3,27-15-11-9-12-16-27)35(44)38-23-34(42)43/h9-18,21-22H,5-8,19-20,23-26H2,1-4H3,(H,38,44)(H,39,41)(H,42,43). The van der Waals surface area contributed by atoms with Gasteiger partial charge >= 0.3 is 5.97 Å². The Hall–Kier alpha value is -4.03. The lowest BCUT2D eigenvalue weighted by Gasteiger charge is -2.37. The molecule has 2 amide bonds. The van der Waals surface area contributed by atoms with Crippen LogP contribution >= 0.6 is 11.8 Å². The van der Waals surface area contributed by atoms with Crippen LogP contribution in [0.2, 0.25) is 0 Å². The fraction of sp³-hybridized carbons (Fsp3) is 0.432. The van der Waals surface area contributed by atoms with Gasteiger partial charge in [0, 0.05) is 23.7 Å². The molecule has 1 atom stereocenters. The first-order valence-electron chi connectivity index (χ1n) is 16.6. The van der Waals surface area contributed by atoms with E-state index in [1.54, 1.807) is 30.3 Å². The van der Waals surface area contributed by atoms with Crippen LogP contribution in [0.4, 0.5) is 11.4 Å². The molecule has 3 aromatic carbocycles. The molecule has 0 fully saturated rings. The number of unbranched alkanes of at least 4 members (excludes halogenated alkanes) is 2. The molecule has 1 aliphatic rings. The minimum Gasteiger partial charge on any atom is -0.483 e. The van der Waals surface area contributed by atoms with Gasteiger partial charge in [0.2, 0.25) is 0 Å². The molecule has 0 saturated carbocycles. The Morgan fingerprint density at radius 2 is 1.59 bits per heavy atom. The summed E-state index contributed by atoms with van der Waals surface area (Å²) in [5, 5.41) is 14.1. The van der Waals surface area contributed by atoms with E-state index in [0.29, 0.717) is 22.7 Å². The van der Waals surface area contributed by atoms with Crippen molar-refractivity contribution in [3.05, 3.63) is 78.4 Å². The number of fused-ring (bicyclic) bond motifs is 1. The molecule has 0 radical (unpaired) electrons. The van der Waals surface area contributed by atoms with Gasteiger partial charge in [0.25, 0.3) is 11.8 Å². The van der Waals surface area contributed by atoms with Gasteiger partial charge in [-0.2, -0.15) is 0 Å². The molecular formula is C37H47N3O7S2. The average Bonchev–Trinajstić information content (AvgIpc) is 3.19. The molecule has 0 bridgehead atoms. The van der Waals surface area contributed by atoms with Crippen LogP contribution in [0.1, 0.15) is 64.9 Å². The number of para-hydroxylation sites is 1. The second kappa shape index (κ2) is 16.6. The third-order valence-corrected chi connectivity index (χ3v) is 11.8. The lowest BCUT2D eigenvalue weighted by molar-refractivity contribution is -0.139. The third kappa shape index (κ3) is 9.16. The zero-order valence-corrected chi connectivity index (χ0v) is 30.3. The van der Waals surface area contributed by atoms with Crippen LogP contribution in [0.3, 0.4) is 0 Å². The number of hydrogen-bond acceptors (Lipinski definition) is 8. The molecule has 0 aromatic heterocycles. The maximum atomic E-state index is 14.4. The highest BCUT2D eigenvalue weighted by Gasteiger charge is 2.43. The Balaban J connectivity index is 1.71. The van der Waals surface area contributed by atoms with Crippen molar-refractivity contribution in [2.75, 3.05) is 36.6 Å². The van der Waals surface area contributed by atoms with Gasteiger partial charge in [-0.3, -0.25) is 14.4 Å². The van der Waals surface area contributed by atoms with Gasteiger partial charge in [0.15, 0.2) is 16.4 Å². The Bertz CT molecular complexity index is 1710. The van der Waals surface area contributed by atoms with Gasteiger partial charge in [0.1, 0.15) is 17.8 Å². The largest absolute Gasteiger partial charge is 0.483 e. The molecule has 3 N–H and O–H groups in total. The van der Waals surface area contributed by atoms with Crippen LogP contribution in [0, 0.1) is 5.41 Å². The van der Waals surface area contributed by atoms with E-state index in [0.717, 1.165) is 44.2 Å². The van der Waals surface area contributed by atoms with E-state index in [4.69, 9.17) is 9.84 Å². The first kappa shape index (κ1) is 37.8. The molecule has 1 aliphatic heterocycles. The second-order valence-electron chi connectivity index (χ2n) is 12.8. The van der Waals surface area contributed by atoms with E-state index in [2.05, 4.69) is 29.4 Å². The number of nitrogens with zero attached hydrogens (tertiary/aromatic N) is 1. The summed E-state index contributed by atoms with van der Waals surface area (Å²) in [6.07, 6.45) is 7.22. The van der Waals surface area contributed by atoms with Gasteiger partial charge in [-0.15, -0.1) is 11.8 Å². The predicted octanol–water partition coefficient (Wildman–Crippen LogP) is 6.31. The normalized spacial score (nSPS) is 16.0. The van der Waals surface area contributed by atoms with Crippen LogP contribution in [-0.4, -0.2) is 63.0 Å². The summed E-state index contributed by atoms with van der Waals surface area (Å²) in [5.41, 5.74) is -0.132. The van der Waals surface area contributed by atoms with Gasteiger partial charge < -0.3 is 25.4 Å². The summed E-state index contributed by atoms with van der Waals surface area (Å²) in [6.45, 7) is 5.16. The number of aliphatic carboxylic acids is 1. The Morgan fingerprint density at radius 1 is 0.980 bits per heavy atom. The molecule has 3 aromatic rings. The maximum Gasteiger partial charge on any atom is 0.322 e. The van der Waals surface area contributed by atoms with Crippen LogP contribution in [-0.2, 0) is 29.8 Å². The highest BCUT2D eigenvalue weighted by atomic mass is 32.2. The number of anilines is 2. The molecule has 0 spiro atoms. The number of ether oxygens (including phenoxy) is 1. The molecule has 1 heterocycles. The molecule has 1 unspecified atom stereocenters. The molecule has 0 saturated heterocycles. The molecule has 0 aliphatic carbocycles. The van der Waals surface area contributed by atoms with Crippen molar-refractivity contribution in [1.82, 2.24) is 10.6 Å². The van der Waals surface area contributed by atoms with E-state index >= 15 is 0 Å². The fourth-order valence-electron chi connectivity index (χ4n) is 6.40. The molecular weight excluding hydrogens is 663 g/mol.